The smallest absolute Gasteiger partial charge is 0.203 e. The van der Waals surface area contributed by atoms with Gasteiger partial charge in [0.1, 0.15) is 0 Å². The van der Waals surface area contributed by atoms with Crippen LogP contribution in [0.15, 0.2) is 12.4 Å². The van der Waals surface area contributed by atoms with E-state index in [1.165, 1.54) is 0 Å². The number of anilines is 1. The second kappa shape index (κ2) is 6.33. The molecule has 0 aromatic carbocycles. The Morgan fingerprint density at radius 3 is 3.00 bits per heavy atom. The van der Waals surface area contributed by atoms with Crippen molar-refractivity contribution in [3.8, 4) is 0 Å². The zero-order valence-electron chi connectivity index (χ0n) is 11.0. The first-order valence-electron chi connectivity index (χ1n) is 6.34. The van der Waals surface area contributed by atoms with Crippen molar-refractivity contribution in [2.75, 3.05) is 30.5 Å². The van der Waals surface area contributed by atoms with Crippen molar-refractivity contribution in [3.63, 3.8) is 0 Å². The van der Waals surface area contributed by atoms with Gasteiger partial charge in [-0.2, -0.15) is 0 Å². The van der Waals surface area contributed by atoms with E-state index in [2.05, 4.69) is 21.8 Å². The molecular formula is C12H21N3O2S. The highest BCUT2D eigenvalue weighted by atomic mass is 32.2. The second-order valence-electron chi connectivity index (χ2n) is 4.73. The Morgan fingerprint density at radius 1 is 1.61 bits per heavy atom. The number of nitrogens with zero attached hydrogens (tertiary/aromatic N) is 2. The van der Waals surface area contributed by atoms with Crippen molar-refractivity contribution < 1.29 is 8.95 Å². The van der Waals surface area contributed by atoms with Gasteiger partial charge in [0, 0.05) is 47.9 Å². The zero-order chi connectivity index (χ0) is 13.0. The normalized spacial score (nSPS) is 25.9. The van der Waals surface area contributed by atoms with E-state index in [-0.39, 0.29) is 6.04 Å². The van der Waals surface area contributed by atoms with Crippen molar-refractivity contribution >= 4 is 16.7 Å². The minimum absolute atomic E-state index is 0.262. The fraction of sp³-hybridized carbons (Fsp3) is 0.750. The Morgan fingerprint density at radius 2 is 2.33 bits per heavy atom. The highest BCUT2D eigenvalue weighted by molar-refractivity contribution is 7.85. The van der Waals surface area contributed by atoms with Gasteiger partial charge in [-0.05, 0) is 19.8 Å². The van der Waals surface area contributed by atoms with Crippen molar-refractivity contribution in [2.24, 2.45) is 0 Å². The van der Waals surface area contributed by atoms with Gasteiger partial charge in [0.15, 0.2) is 0 Å². The summed E-state index contributed by atoms with van der Waals surface area (Å²) in [5.41, 5.74) is 0. The standard InChI is InChI=1S/C12H21N3O2S/c1-10(9-17-2)15-6-5-13-12(15)14-11-3-7-18(16)8-4-11/h5-6,10-11H,3-4,7-9H2,1-2H3,(H,13,14). The van der Waals surface area contributed by atoms with Gasteiger partial charge >= 0.3 is 0 Å². The van der Waals surface area contributed by atoms with Crippen LogP contribution >= 0.6 is 0 Å². The number of imidazole rings is 1. The molecule has 0 spiro atoms. The molecule has 1 aliphatic heterocycles. The van der Waals surface area contributed by atoms with Crippen LogP contribution in [0.4, 0.5) is 5.95 Å². The van der Waals surface area contributed by atoms with Crippen molar-refractivity contribution in [3.05, 3.63) is 12.4 Å². The van der Waals surface area contributed by atoms with Gasteiger partial charge in [0.05, 0.1) is 12.6 Å². The molecule has 0 bridgehead atoms. The first-order valence-corrected chi connectivity index (χ1v) is 7.82. The monoisotopic (exact) mass is 271 g/mol. The maximum absolute atomic E-state index is 11.3. The van der Waals surface area contributed by atoms with Crippen LogP contribution in [0.25, 0.3) is 0 Å². The number of aromatic nitrogens is 2. The van der Waals surface area contributed by atoms with E-state index in [1.807, 2.05) is 6.20 Å². The van der Waals surface area contributed by atoms with Gasteiger partial charge in [-0.3, -0.25) is 4.21 Å². The predicted octanol–water partition coefficient (Wildman–Crippen LogP) is 1.41. The molecule has 1 aliphatic rings. The van der Waals surface area contributed by atoms with E-state index in [4.69, 9.17) is 4.74 Å². The molecule has 0 saturated carbocycles. The molecule has 1 atom stereocenters. The van der Waals surface area contributed by atoms with Crippen molar-refractivity contribution in [1.82, 2.24) is 9.55 Å². The molecule has 1 unspecified atom stereocenters. The zero-order valence-corrected chi connectivity index (χ0v) is 11.8. The van der Waals surface area contributed by atoms with Crippen LogP contribution in [-0.4, -0.2) is 45.0 Å². The number of hydrogen-bond acceptors (Lipinski definition) is 4. The van der Waals surface area contributed by atoms with Crippen molar-refractivity contribution in [1.29, 1.82) is 0 Å². The molecular weight excluding hydrogens is 250 g/mol. The third-order valence-corrected chi connectivity index (χ3v) is 4.65. The van der Waals surface area contributed by atoms with E-state index >= 15 is 0 Å². The summed E-state index contributed by atoms with van der Waals surface area (Å²) in [6.45, 7) is 2.77. The third-order valence-electron chi connectivity index (χ3n) is 3.27. The molecule has 0 amide bonds. The van der Waals surface area contributed by atoms with Crippen LogP contribution in [-0.2, 0) is 15.5 Å². The lowest BCUT2D eigenvalue weighted by molar-refractivity contribution is 0.163. The second-order valence-corrected chi connectivity index (χ2v) is 6.43. The molecule has 6 heteroatoms. The molecule has 5 nitrogen and oxygen atoms in total. The van der Waals surface area contributed by atoms with E-state index in [0.29, 0.717) is 12.6 Å². The van der Waals surface area contributed by atoms with Crippen LogP contribution in [0, 0.1) is 0 Å². The molecule has 102 valence electrons. The highest BCUT2D eigenvalue weighted by Crippen LogP contribution is 2.18. The van der Waals surface area contributed by atoms with E-state index < -0.39 is 10.8 Å². The Hall–Kier alpha value is -0.880. The van der Waals surface area contributed by atoms with Crippen LogP contribution in [0.3, 0.4) is 0 Å². The van der Waals surface area contributed by atoms with E-state index in [1.54, 1.807) is 13.3 Å². The SMILES string of the molecule is COCC(C)n1ccnc1NC1CCS(=O)CC1. The van der Waals surface area contributed by atoms with Gasteiger partial charge in [0.25, 0.3) is 0 Å². The summed E-state index contributed by atoms with van der Waals surface area (Å²) in [5.74, 6) is 2.48. The van der Waals surface area contributed by atoms with Gasteiger partial charge in [0.2, 0.25) is 5.95 Å². The summed E-state index contributed by atoms with van der Waals surface area (Å²) in [4.78, 5) is 4.35. The Kier molecular flexibility index (Phi) is 4.77. The molecule has 2 heterocycles. The number of ether oxygens (including phenoxy) is 1. The fourth-order valence-corrected chi connectivity index (χ4v) is 3.52. The van der Waals surface area contributed by atoms with E-state index in [0.717, 1.165) is 30.3 Å². The largest absolute Gasteiger partial charge is 0.383 e. The Labute approximate surface area is 110 Å². The topological polar surface area (TPSA) is 56.1 Å². The van der Waals surface area contributed by atoms with Crippen LogP contribution in [0.1, 0.15) is 25.8 Å². The lowest BCUT2D eigenvalue weighted by Crippen LogP contribution is -2.31. The number of nitrogens with one attached hydrogen (secondary N) is 1. The van der Waals surface area contributed by atoms with Crippen LogP contribution in [0.2, 0.25) is 0 Å². The van der Waals surface area contributed by atoms with Crippen LogP contribution in [0.5, 0.6) is 0 Å². The average molecular weight is 271 g/mol. The lowest BCUT2D eigenvalue weighted by atomic mass is 10.2. The molecule has 1 aromatic heterocycles. The summed E-state index contributed by atoms with van der Waals surface area (Å²) in [6.07, 6.45) is 5.68. The number of rotatable bonds is 5. The molecule has 18 heavy (non-hydrogen) atoms. The average Bonchev–Trinajstić information content (AvgIpc) is 2.81. The highest BCUT2D eigenvalue weighted by Gasteiger charge is 2.19. The summed E-state index contributed by atoms with van der Waals surface area (Å²) >= 11 is 0. The molecule has 0 radical (unpaired) electrons. The number of methoxy groups -OCH3 is 1. The number of hydrogen-bond donors (Lipinski definition) is 1. The molecule has 1 aromatic rings. The molecule has 2 rings (SSSR count). The molecule has 1 N–H and O–H groups in total. The lowest BCUT2D eigenvalue weighted by Gasteiger charge is -2.24. The van der Waals surface area contributed by atoms with Gasteiger partial charge in [-0.15, -0.1) is 0 Å². The minimum atomic E-state index is -0.614. The van der Waals surface area contributed by atoms with E-state index in [9.17, 15) is 4.21 Å². The van der Waals surface area contributed by atoms with Gasteiger partial charge in [-0.25, -0.2) is 4.98 Å². The maximum atomic E-state index is 11.3. The van der Waals surface area contributed by atoms with Gasteiger partial charge in [-0.1, -0.05) is 0 Å². The summed E-state index contributed by atoms with van der Waals surface area (Å²) in [5, 5.41) is 3.45. The third kappa shape index (κ3) is 3.32. The predicted molar refractivity (Wildman–Crippen MR) is 73.3 cm³/mol. The molecule has 1 saturated heterocycles. The molecule has 1 fully saturated rings. The minimum Gasteiger partial charge on any atom is -0.383 e. The quantitative estimate of drug-likeness (QED) is 0.880. The van der Waals surface area contributed by atoms with Crippen molar-refractivity contribution in [2.45, 2.75) is 31.8 Å². The summed E-state index contributed by atoms with van der Waals surface area (Å²) in [7, 11) is 1.09. The van der Waals surface area contributed by atoms with Gasteiger partial charge < -0.3 is 14.6 Å². The Balaban J connectivity index is 1.97. The summed E-state index contributed by atoms with van der Waals surface area (Å²) < 4.78 is 18.6. The Bertz CT molecular complexity index is 398. The summed E-state index contributed by atoms with van der Waals surface area (Å²) in [6, 6.07) is 0.649. The molecule has 0 aliphatic carbocycles. The first-order chi connectivity index (χ1) is 8.70. The van der Waals surface area contributed by atoms with Crippen LogP contribution < -0.4 is 5.32 Å². The first kappa shape index (κ1) is 13.5. The fourth-order valence-electron chi connectivity index (χ4n) is 2.22. The maximum Gasteiger partial charge on any atom is 0.203 e.